The van der Waals surface area contributed by atoms with E-state index in [0.717, 1.165) is 16.9 Å². The summed E-state index contributed by atoms with van der Waals surface area (Å²) in [5, 5.41) is 5.79. The fraction of sp³-hybridized carbons (Fsp3) is 0.174. The predicted molar refractivity (Wildman–Crippen MR) is 112 cm³/mol. The van der Waals surface area contributed by atoms with E-state index in [1.165, 1.54) is 6.20 Å². The van der Waals surface area contributed by atoms with Crippen LogP contribution >= 0.6 is 0 Å². The molecule has 0 radical (unpaired) electrons. The molecule has 1 aromatic heterocycles. The van der Waals surface area contributed by atoms with Gasteiger partial charge in [-0.05, 0) is 41.8 Å². The number of anilines is 1. The number of pyridine rings is 1. The lowest BCUT2D eigenvalue weighted by Crippen LogP contribution is -2.24. The Bertz CT molecular complexity index is 974. The van der Waals surface area contributed by atoms with Crippen LogP contribution in [0.1, 0.15) is 27.9 Å². The van der Waals surface area contributed by atoms with Crippen LogP contribution in [0.2, 0.25) is 0 Å². The normalized spacial score (nSPS) is 10.2. The first-order valence-electron chi connectivity index (χ1n) is 9.35. The van der Waals surface area contributed by atoms with Crippen molar-refractivity contribution in [1.82, 2.24) is 10.3 Å². The molecule has 2 N–H and O–H groups in total. The van der Waals surface area contributed by atoms with Crippen LogP contribution in [-0.4, -0.2) is 23.9 Å². The van der Waals surface area contributed by atoms with Crippen molar-refractivity contribution in [1.29, 1.82) is 0 Å². The summed E-state index contributed by atoms with van der Waals surface area (Å²) in [4.78, 5) is 28.6. The van der Waals surface area contributed by atoms with Crippen LogP contribution in [0.5, 0.6) is 5.75 Å². The van der Waals surface area contributed by atoms with Gasteiger partial charge in [-0.25, -0.2) is 0 Å². The molecular formula is C23H23N3O3. The number of carbonyl (C=O) groups excluding carboxylic acids is 2. The average molecular weight is 389 g/mol. The van der Waals surface area contributed by atoms with Crippen molar-refractivity contribution in [3.05, 3.63) is 89.7 Å². The quantitative estimate of drug-likeness (QED) is 0.617. The minimum Gasteiger partial charge on any atom is -0.496 e. The molecule has 6 nitrogen and oxygen atoms in total. The number of carbonyl (C=O) groups is 2. The van der Waals surface area contributed by atoms with Gasteiger partial charge in [0, 0.05) is 31.0 Å². The number of aromatic nitrogens is 1. The lowest BCUT2D eigenvalue weighted by atomic mass is 10.1. The molecule has 0 saturated heterocycles. The van der Waals surface area contributed by atoms with Crippen LogP contribution in [-0.2, 0) is 17.8 Å². The summed E-state index contributed by atoms with van der Waals surface area (Å²) in [6.07, 6.45) is 4.07. The number of benzene rings is 2. The molecule has 0 aliphatic heterocycles. The zero-order chi connectivity index (χ0) is 20.5. The number of para-hydroxylation sites is 2. The second-order valence-electron chi connectivity index (χ2n) is 6.44. The van der Waals surface area contributed by atoms with Gasteiger partial charge < -0.3 is 15.4 Å². The number of nitrogens with one attached hydrogen (secondary N) is 2. The van der Waals surface area contributed by atoms with Crippen LogP contribution in [0.4, 0.5) is 5.69 Å². The maximum atomic E-state index is 12.4. The highest BCUT2D eigenvalue weighted by Crippen LogP contribution is 2.19. The van der Waals surface area contributed by atoms with E-state index in [4.69, 9.17) is 4.74 Å². The largest absolute Gasteiger partial charge is 0.496 e. The van der Waals surface area contributed by atoms with Gasteiger partial charge in [-0.3, -0.25) is 14.6 Å². The van der Waals surface area contributed by atoms with Gasteiger partial charge in [-0.15, -0.1) is 0 Å². The molecule has 6 heteroatoms. The molecule has 0 bridgehead atoms. The first-order valence-corrected chi connectivity index (χ1v) is 9.35. The van der Waals surface area contributed by atoms with E-state index in [-0.39, 0.29) is 11.8 Å². The highest BCUT2D eigenvalue weighted by molar-refractivity contribution is 6.04. The average Bonchev–Trinajstić information content (AvgIpc) is 2.77. The Kier molecular flexibility index (Phi) is 6.95. The predicted octanol–water partition coefficient (Wildman–Crippen LogP) is 3.59. The summed E-state index contributed by atoms with van der Waals surface area (Å²) in [5.74, 6) is 0.473. The van der Waals surface area contributed by atoms with Gasteiger partial charge in [0.2, 0.25) is 5.91 Å². The number of ether oxygens (including phenoxy) is 1. The van der Waals surface area contributed by atoms with Crippen molar-refractivity contribution in [3.8, 4) is 5.75 Å². The van der Waals surface area contributed by atoms with E-state index in [1.807, 2.05) is 48.5 Å². The van der Waals surface area contributed by atoms with Crippen molar-refractivity contribution in [2.45, 2.75) is 19.4 Å². The lowest BCUT2D eigenvalue weighted by molar-refractivity contribution is -0.121. The standard InChI is InChI=1S/C23H23N3O3/c1-29-21-11-5-3-7-17(21)12-13-22(27)25-16-18-8-2-4-10-20(18)26-23(28)19-9-6-14-24-15-19/h2-11,14-15H,12-13,16H2,1H3,(H,25,27)(H,26,28). The number of nitrogens with zero attached hydrogens (tertiary/aromatic N) is 1. The minimum atomic E-state index is -0.243. The molecule has 0 spiro atoms. The summed E-state index contributed by atoms with van der Waals surface area (Å²) in [6.45, 7) is 0.328. The molecular weight excluding hydrogens is 366 g/mol. The van der Waals surface area contributed by atoms with E-state index in [2.05, 4.69) is 15.6 Å². The molecule has 3 aromatic rings. The molecule has 0 atom stereocenters. The van der Waals surface area contributed by atoms with E-state index in [0.29, 0.717) is 30.6 Å². The van der Waals surface area contributed by atoms with Crippen LogP contribution in [0.25, 0.3) is 0 Å². The third kappa shape index (κ3) is 5.65. The molecule has 0 aliphatic rings. The first-order chi connectivity index (χ1) is 14.2. The molecule has 0 aliphatic carbocycles. The molecule has 1 heterocycles. The molecule has 2 amide bonds. The van der Waals surface area contributed by atoms with Crippen LogP contribution in [0.15, 0.2) is 73.1 Å². The Hall–Kier alpha value is -3.67. The third-order valence-electron chi connectivity index (χ3n) is 4.48. The highest BCUT2D eigenvalue weighted by atomic mass is 16.5. The van der Waals surface area contributed by atoms with E-state index >= 15 is 0 Å². The zero-order valence-corrected chi connectivity index (χ0v) is 16.2. The van der Waals surface area contributed by atoms with Gasteiger partial charge in [0.1, 0.15) is 5.75 Å². The van der Waals surface area contributed by atoms with Gasteiger partial charge in [-0.2, -0.15) is 0 Å². The first kappa shape index (κ1) is 20.1. The molecule has 3 rings (SSSR count). The number of amides is 2. The number of hydrogen-bond acceptors (Lipinski definition) is 4. The van der Waals surface area contributed by atoms with E-state index < -0.39 is 0 Å². The number of methoxy groups -OCH3 is 1. The third-order valence-corrected chi connectivity index (χ3v) is 4.48. The van der Waals surface area contributed by atoms with Gasteiger partial charge in [-0.1, -0.05) is 36.4 Å². The maximum Gasteiger partial charge on any atom is 0.257 e. The summed E-state index contributed by atoms with van der Waals surface area (Å²) < 4.78 is 5.32. The molecule has 0 unspecified atom stereocenters. The van der Waals surface area contributed by atoms with Crippen LogP contribution in [0.3, 0.4) is 0 Å². The van der Waals surface area contributed by atoms with E-state index in [1.54, 1.807) is 25.4 Å². The van der Waals surface area contributed by atoms with Gasteiger partial charge in [0.05, 0.1) is 12.7 Å². The second-order valence-corrected chi connectivity index (χ2v) is 6.44. The van der Waals surface area contributed by atoms with Gasteiger partial charge in [0.25, 0.3) is 5.91 Å². The number of hydrogen-bond donors (Lipinski definition) is 2. The topological polar surface area (TPSA) is 80.3 Å². The molecule has 0 saturated carbocycles. The SMILES string of the molecule is COc1ccccc1CCC(=O)NCc1ccccc1NC(=O)c1cccnc1. The second kappa shape index (κ2) is 10.0. The monoisotopic (exact) mass is 389 g/mol. The van der Waals surface area contributed by atoms with Gasteiger partial charge >= 0.3 is 0 Å². The summed E-state index contributed by atoms with van der Waals surface area (Å²) >= 11 is 0. The van der Waals surface area contributed by atoms with Crippen molar-refractivity contribution in [2.24, 2.45) is 0 Å². The molecule has 148 valence electrons. The molecule has 29 heavy (non-hydrogen) atoms. The number of aryl methyl sites for hydroxylation is 1. The fourth-order valence-electron chi connectivity index (χ4n) is 2.93. The minimum absolute atomic E-state index is 0.0655. The number of rotatable bonds is 8. The van der Waals surface area contributed by atoms with Crippen LogP contribution in [0, 0.1) is 0 Å². The zero-order valence-electron chi connectivity index (χ0n) is 16.2. The maximum absolute atomic E-state index is 12.4. The Balaban J connectivity index is 1.56. The summed E-state index contributed by atoms with van der Waals surface area (Å²) in [7, 11) is 1.62. The Morgan fingerprint density at radius 3 is 2.48 bits per heavy atom. The van der Waals surface area contributed by atoms with Crippen molar-refractivity contribution in [3.63, 3.8) is 0 Å². The Labute approximate surface area is 169 Å². The smallest absolute Gasteiger partial charge is 0.257 e. The van der Waals surface area contributed by atoms with Crippen LogP contribution < -0.4 is 15.4 Å². The Morgan fingerprint density at radius 1 is 0.966 bits per heavy atom. The van der Waals surface area contributed by atoms with Crippen molar-refractivity contribution in [2.75, 3.05) is 12.4 Å². The molecule has 2 aromatic carbocycles. The Morgan fingerprint density at radius 2 is 1.72 bits per heavy atom. The van der Waals surface area contributed by atoms with Crippen molar-refractivity contribution >= 4 is 17.5 Å². The summed E-state index contributed by atoms with van der Waals surface area (Å²) in [6, 6.07) is 18.5. The highest BCUT2D eigenvalue weighted by Gasteiger charge is 2.10. The van der Waals surface area contributed by atoms with Gasteiger partial charge in [0.15, 0.2) is 0 Å². The van der Waals surface area contributed by atoms with E-state index in [9.17, 15) is 9.59 Å². The summed E-state index contributed by atoms with van der Waals surface area (Å²) in [5.41, 5.74) is 2.96. The van der Waals surface area contributed by atoms with Crippen molar-refractivity contribution < 1.29 is 14.3 Å². The fourth-order valence-corrected chi connectivity index (χ4v) is 2.93. The molecule has 0 fully saturated rings. The lowest BCUT2D eigenvalue weighted by Gasteiger charge is -2.12.